The number of benzene rings is 1. The number of hydrogen-bond acceptors (Lipinski definition) is 7. The van der Waals surface area contributed by atoms with Crippen LogP contribution in [0.4, 0.5) is 5.88 Å². The first-order valence-corrected chi connectivity index (χ1v) is 9.17. The molecule has 1 aromatic carbocycles. The van der Waals surface area contributed by atoms with E-state index in [1.54, 1.807) is 23.8 Å². The summed E-state index contributed by atoms with van der Waals surface area (Å²) in [6.07, 6.45) is 3.24. The van der Waals surface area contributed by atoms with Gasteiger partial charge in [-0.2, -0.15) is 0 Å². The minimum atomic E-state index is -0.573. The molecule has 9 heteroatoms. The summed E-state index contributed by atoms with van der Waals surface area (Å²) >= 11 is 1.33. The van der Waals surface area contributed by atoms with E-state index in [2.05, 4.69) is 10.2 Å². The van der Waals surface area contributed by atoms with Gasteiger partial charge in [-0.15, -0.1) is 10.2 Å². The van der Waals surface area contributed by atoms with E-state index in [-0.39, 0.29) is 5.88 Å². The predicted octanol–water partition coefficient (Wildman–Crippen LogP) is 4.85. The first-order valence-electron chi connectivity index (χ1n) is 8.29. The maximum absolute atomic E-state index is 10.7. The van der Waals surface area contributed by atoms with Crippen molar-refractivity contribution in [3.63, 3.8) is 0 Å². The summed E-state index contributed by atoms with van der Waals surface area (Å²) in [5.41, 5.74) is 1.10. The van der Waals surface area contributed by atoms with E-state index in [1.807, 2.05) is 41.0 Å². The Hall–Kier alpha value is -3.59. The molecule has 0 saturated carbocycles. The van der Waals surface area contributed by atoms with Crippen LogP contribution in [0.25, 0.3) is 17.7 Å². The molecule has 4 aromatic rings. The second kappa shape index (κ2) is 7.97. The van der Waals surface area contributed by atoms with Crippen LogP contribution < -0.4 is 0 Å². The quantitative estimate of drug-likeness (QED) is 0.251. The van der Waals surface area contributed by atoms with Crippen molar-refractivity contribution in [1.82, 2.24) is 14.8 Å². The maximum Gasteiger partial charge on any atom is 0.433 e. The minimum Gasteiger partial charge on any atom is -0.461 e. The Morgan fingerprint density at radius 3 is 2.68 bits per heavy atom. The van der Waals surface area contributed by atoms with Gasteiger partial charge in [0.25, 0.3) is 0 Å². The Labute approximate surface area is 163 Å². The zero-order valence-electron chi connectivity index (χ0n) is 14.5. The summed E-state index contributed by atoms with van der Waals surface area (Å²) in [6, 6.07) is 16.5. The molecule has 0 bridgehead atoms. The summed E-state index contributed by atoms with van der Waals surface area (Å²) in [6.45, 7) is 0.576. The van der Waals surface area contributed by atoms with Crippen LogP contribution in [0, 0.1) is 10.1 Å². The SMILES string of the molecule is O=[N+]([O-])c1ccc(/C=C/Sc2nnc(-c3ccco3)n2Cc2ccccc2)o1. The molecule has 0 aliphatic carbocycles. The van der Waals surface area contributed by atoms with Crippen molar-refractivity contribution in [2.24, 2.45) is 0 Å². The van der Waals surface area contributed by atoms with Crippen molar-refractivity contribution in [3.05, 3.63) is 87.7 Å². The molecule has 0 saturated heterocycles. The van der Waals surface area contributed by atoms with Gasteiger partial charge in [0.15, 0.2) is 10.9 Å². The Morgan fingerprint density at radius 1 is 1.11 bits per heavy atom. The second-order valence-electron chi connectivity index (χ2n) is 5.71. The molecule has 0 spiro atoms. The topological polar surface area (TPSA) is 100 Å². The molecular weight excluding hydrogens is 380 g/mol. The van der Waals surface area contributed by atoms with Crippen molar-refractivity contribution in [2.75, 3.05) is 0 Å². The third kappa shape index (κ3) is 3.89. The number of nitro groups is 1. The standard InChI is InChI=1S/C19H14N4O4S/c24-23(25)17-9-8-15(27-17)10-12-28-19-21-20-18(16-7-4-11-26-16)22(19)13-14-5-2-1-3-6-14/h1-12H,13H2/b12-10+. The van der Waals surface area contributed by atoms with Gasteiger partial charge in [0, 0.05) is 0 Å². The Kier molecular flexibility index (Phi) is 5.07. The third-order valence-electron chi connectivity index (χ3n) is 3.84. The highest BCUT2D eigenvalue weighted by Gasteiger charge is 2.16. The normalized spacial score (nSPS) is 11.3. The average Bonchev–Trinajstić information content (AvgIpc) is 3.44. The summed E-state index contributed by atoms with van der Waals surface area (Å²) in [5.74, 6) is 1.34. The number of nitrogens with zero attached hydrogens (tertiary/aromatic N) is 4. The van der Waals surface area contributed by atoms with Crippen LogP contribution in [0.5, 0.6) is 0 Å². The largest absolute Gasteiger partial charge is 0.461 e. The molecule has 8 nitrogen and oxygen atoms in total. The third-order valence-corrected chi connectivity index (χ3v) is 4.63. The molecule has 3 heterocycles. The zero-order chi connectivity index (χ0) is 19.3. The molecule has 0 atom stereocenters. The Bertz CT molecular complexity index is 1100. The summed E-state index contributed by atoms with van der Waals surface area (Å²) < 4.78 is 12.5. The average molecular weight is 394 g/mol. The first-order chi connectivity index (χ1) is 13.7. The van der Waals surface area contributed by atoms with E-state index in [0.29, 0.717) is 29.0 Å². The van der Waals surface area contributed by atoms with Crippen molar-refractivity contribution >= 4 is 23.7 Å². The fourth-order valence-electron chi connectivity index (χ4n) is 2.56. The summed E-state index contributed by atoms with van der Waals surface area (Å²) in [4.78, 5) is 10.1. The number of hydrogen-bond donors (Lipinski definition) is 0. The number of thioether (sulfide) groups is 1. The van der Waals surface area contributed by atoms with Gasteiger partial charge in [-0.05, 0) is 35.2 Å². The monoisotopic (exact) mass is 394 g/mol. The van der Waals surface area contributed by atoms with Crippen LogP contribution in [0.1, 0.15) is 11.3 Å². The van der Waals surface area contributed by atoms with Crippen LogP contribution >= 0.6 is 11.8 Å². The highest BCUT2D eigenvalue weighted by atomic mass is 32.2. The van der Waals surface area contributed by atoms with E-state index < -0.39 is 4.92 Å². The molecule has 0 fully saturated rings. The molecule has 0 N–H and O–H groups in total. The van der Waals surface area contributed by atoms with E-state index in [0.717, 1.165) is 5.56 Å². The Balaban J connectivity index is 1.59. The lowest BCUT2D eigenvalue weighted by molar-refractivity contribution is -0.402. The molecule has 0 unspecified atom stereocenters. The fraction of sp³-hybridized carbons (Fsp3) is 0.0526. The van der Waals surface area contributed by atoms with Crippen LogP contribution in [-0.4, -0.2) is 19.7 Å². The smallest absolute Gasteiger partial charge is 0.433 e. The van der Waals surface area contributed by atoms with E-state index in [9.17, 15) is 10.1 Å². The first kappa shape index (κ1) is 17.8. The summed E-state index contributed by atoms with van der Waals surface area (Å²) in [7, 11) is 0. The molecule has 140 valence electrons. The molecular formula is C19H14N4O4S. The van der Waals surface area contributed by atoms with E-state index in [4.69, 9.17) is 8.83 Å². The molecule has 0 aliphatic rings. The van der Waals surface area contributed by atoms with Gasteiger partial charge in [-0.1, -0.05) is 42.1 Å². The van der Waals surface area contributed by atoms with Gasteiger partial charge in [0.1, 0.15) is 10.7 Å². The predicted molar refractivity (Wildman–Crippen MR) is 104 cm³/mol. The minimum absolute atomic E-state index is 0.294. The lowest BCUT2D eigenvalue weighted by Crippen LogP contribution is -2.03. The maximum atomic E-state index is 10.7. The molecule has 28 heavy (non-hydrogen) atoms. The van der Waals surface area contributed by atoms with Gasteiger partial charge in [0.2, 0.25) is 5.82 Å². The highest BCUT2D eigenvalue weighted by molar-refractivity contribution is 8.02. The molecule has 0 amide bonds. The zero-order valence-corrected chi connectivity index (χ0v) is 15.3. The molecule has 3 aromatic heterocycles. The van der Waals surface area contributed by atoms with Gasteiger partial charge in [-0.25, -0.2) is 0 Å². The fourth-order valence-corrected chi connectivity index (χ4v) is 3.25. The number of rotatable bonds is 7. The molecule has 0 aliphatic heterocycles. The van der Waals surface area contributed by atoms with Gasteiger partial charge in [-0.3, -0.25) is 14.7 Å². The van der Waals surface area contributed by atoms with Crippen molar-refractivity contribution in [2.45, 2.75) is 11.7 Å². The number of furan rings is 2. The van der Waals surface area contributed by atoms with E-state index in [1.165, 1.54) is 23.9 Å². The number of aromatic nitrogens is 3. The molecule has 0 radical (unpaired) electrons. The van der Waals surface area contributed by atoms with Gasteiger partial charge < -0.3 is 8.83 Å². The molecule has 4 rings (SSSR count). The lowest BCUT2D eigenvalue weighted by atomic mass is 10.2. The Morgan fingerprint density at radius 2 is 1.96 bits per heavy atom. The summed E-state index contributed by atoms with van der Waals surface area (Å²) in [5, 5.41) is 21.6. The van der Waals surface area contributed by atoms with Crippen molar-refractivity contribution in [3.8, 4) is 11.6 Å². The highest BCUT2D eigenvalue weighted by Crippen LogP contribution is 2.27. The second-order valence-corrected chi connectivity index (χ2v) is 6.58. The van der Waals surface area contributed by atoms with Crippen molar-refractivity contribution < 1.29 is 13.8 Å². The van der Waals surface area contributed by atoms with Gasteiger partial charge in [0.05, 0.1) is 18.9 Å². The van der Waals surface area contributed by atoms with Crippen LogP contribution in [-0.2, 0) is 6.54 Å². The van der Waals surface area contributed by atoms with Crippen molar-refractivity contribution in [1.29, 1.82) is 0 Å². The lowest BCUT2D eigenvalue weighted by Gasteiger charge is -2.08. The van der Waals surface area contributed by atoms with E-state index >= 15 is 0 Å². The van der Waals surface area contributed by atoms with Crippen LogP contribution in [0.15, 0.2) is 80.3 Å². The van der Waals surface area contributed by atoms with Crippen LogP contribution in [0.2, 0.25) is 0 Å². The van der Waals surface area contributed by atoms with Crippen LogP contribution in [0.3, 0.4) is 0 Å². The van der Waals surface area contributed by atoms with Gasteiger partial charge >= 0.3 is 5.88 Å².